The number of para-hydroxylation sites is 1. The van der Waals surface area contributed by atoms with Gasteiger partial charge in [0.2, 0.25) is 0 Å². The zero-order chi connectivity index (χ0) is 22.5. The van der Waals surface area contributed by atoms with Gasteiger partial charge in [-0.05, 0) is 39.3 Å². The fraction of sp³-hybridized carbons (Fsp3) is 0.478. The Bertz CT molecular complexity index is 1070. The van der Waals surface area contributed by atoms with Crippen LogP contribution in [-0.4, -0.2) is 50.2 Å². The molecule has 4 rings (SSSR count). The number of fused-ring (bicyclic) bond motifs is 1. The number of nitrogens with zero attached hydrogens (tertiary/aromatic N) is 6. The molecule has 2 aromatic heterocycles. The maximum absolute atomic E-state index is 5.16. The van der Waals surface area contributed by atoms with E-state index in [-0.39, 0.29) is 6.04 Å². The molecule has 1 aromatic carbocycles. The van der Waals surface area contributed by atoms with Crippen molar-refractivity contribution in [3.05, 3.63) is 58.9 Å². The summed E-state index contributed by atoms with van der Waals surface area (Å²) in [6.07, 6.45) is 1.87. The third-order valence-corrected chi connectivity index (χ3v) is 5.70. The molecule has 0 saturated carbocycles. The molecule has 0 bridgehead atoms. The highest BCUT2D eigenvalue weighted by atomic mass is 16.5. The number of aromatic nitrogens is 5. The van der Waals surface area contributed by atoms with Crippen LogP contribution in [0, 0.1) is 13.8 Å². The van der Waals surface area contributed by atoms with Crippen molar-refractivity contribution in [2.45, 2.75) is 59.4 Å². The van der Waals surface area contributed by atoms with Crippen LogP contribution in [0.15, 0.2) is 35.3 Å². The van der Waals surface area contributed by atoms with Crippen molar-refractivity contribution in [2.24, 2.45) is 4.99 Å². The molecule has 3 aromatic rings. The Morgan fingerprint density at radius 2 is 2.03 bits per heavy atom. The Kier molecular flexibility index (Phi) is 6.84. The molecule has 0 spiro atoms. The fourth-order valence-corrected chi connectivity index (χ4v) is 4.06. The number of aliphatic imine (C=N–C) groups is 1. The minimum atomic E-state index is 0.242. The lowest BCUT2D eigenvalue weighted by Crippen LogP contribution is -2.47. The zero-order valence-corrected chi connectivity index (χ0v) is 19.3. The van der Waals surface area contributed by atoms with Gasteiger partial charge < -0.3 is 15.4 Å². The van der Waals surface area contributed by atoms with E-state index in [1.165, 1.54) is 0 Å². The molecule has 0 saturated heterocycles. The second kappa shape index (κ2) is 9.95. The van der Waals surface area contributed by atoms with Gasteiger partial charge in [0.15, 0.2) is 11.8 Å². The fourth-order valence-electron chi connectivity index (χ4n) is 4.06. The topological polar surface area (TPSA) is 94.2 Å². The van der Waals surface area contributed by atoms with E-state index in [9.17, 15) is 0 Å². The van der Waals surface area contributed by atoms with Gasteiger partial charge in [-0.25, -0.2) is 19.3 Å². The molecule has 0 fully saturated rings. The van der Waals surface area contributed by atoms with Gasteiger partial charge in [0, 0.05) is 37.4 Å². The second-order valence-corrected chi connectivity index (χ2v) is 8.03. The van der Waals surface area contributed by atoms with E-state index in [1.54, 1.807) is 7.11 Å². The number of nitrogens with one attached hydrogen (secondary N) is 2. The molecule has 170 valence electrons. The Hall–Kier alpha value is -3.20. The van der Waals surface area contributed by atoms with Gasteiger partial charge >= 0.3 is 0 Å². The Balaban J connectivity index is 1.46. The quantitative estimate of drug-likeness (QED) is 0.436. The van der Waals surface area contributed by atoms with E-state index >= 15 is 0 Å². The Labute approximate surface area is 188 Å². The number of methoxy groups -OCH3 is 1. The molecule has 1 aliphatic rings. The third kappa shape index (κ3) is 4.83. The van der Waals surface area contributed by atoms with E-state index in [0.29, 0.717) is 13.2 Å². The van der Waals surface area contributed by atoms with Crippen LogP contribution >= 0.6 is 0 Å². The highest BCUT2D eigenvalue weighted by Gasteiger charge is 2.22. The Morgan fingerprint density at radius 3 is 2.78 bits per heavy atom. The first-order valence-electron chi connectivity index (χ1n) is 11.2. The maximum Gasteiger partial charge on any atom is 0.191 e. The molecule has 1 atom stereocenters. The molecule has 3 heterocycles. The lowest BCUT2D eigenvalue weighted by atomic mass is 10.1. The smallest absolute Gasteiger partial charge is 0.191 e. The van der Waals surface area contributed by atoms with Gasteiger partial charge in [0.1, 0.15) is 12.4 Å². The van der Waals surface area contributed by atoms with Gasteiger partial charge in [-0.3, -0.25) is 0 Å². The van der Waals surface area contributed by atoms with E-state index in [0.717, 1.165) is 66.2 Å². The normalized spacial score (nSPS) is 16.1. The Morgan fingerprint density at radius 1 is 1.22 bits per heavy atom. The number of rotatable bonds is 7. The van der Waals surface area contributed by atoms with Crippen LogP contribution in [-0.2, 0) is 30.9 Å². The minimum absolute atomic E-state index is 0.242. The van der Waals surface area contributed by atoms with Crippen LogP contribution in [0.5, 0.6) is 0 Å². The predicted molar refractivity (Wildman–Crippen MR) is 124 cm³/mol. The van der Waals surface area contributed by atoms with Crippen molar-refractivity contribution in [2.75, 3.05) is 13.7 Å². The summed E-state index contributed by atoms with van der Waals surface area (Å²) in [5, 5.41) is 16.3. The lowest BCUT2D eigenvalue weighted by Gasteiger charge is -2.25. The highest BCUT2D eigenvalue weighted by Crippen LogP contribution is 2.19. The number of ether oxygens (including phenoxy) is 1. The molecule has 0 amide bonds. The van der Waals surface area contributed by atoms with Gasteiger partial charge in [-0.15, -0.1) is 0 Å². The van der Waals surface area contributed by atoms with Crippen LogP contribution < -0.4 is 10.6 Å². The largest absolute Gasteiger partial charge is 0.377 e. The van der Waals surface area contributed by atoms with Crippen molar-refractivity contribution < 1.29 is 4.74 Å². The summed E-state index contributed by atoms with van der Waals surface area (Å²) in [6, 6.07) is 10.4. The van der Waals surface area contributed by atoms with Gasteiger partial charge in [-0.1, -0.05) is 18.2 Å². The average molecular weight is 437 g/mol. The monoisotopic (exact) mass is 436 g/mol. The predicted octanol–water partition coefficient (Wildman–Crippen LogP) is 2.30. The lowest BCUT2D eigenvalue weighted by molar-refractivity contribution is 0.177. The van der Waals surface area contributed by atoms with E-state index in [2.05, 4.69) is 46.7 Å². The number of guanidine groups is 1. The van der Waals surface area contributed by atoms with Gasteiger partial charge in [-0.2, -0.15) is 10.2 Å². The second-order valence-electron chi connectivity index (χ2n) is 8.03. The summed E-state index contributed by atoms with van der Waals surface area (Å²) < 4.78 is 9.14. The molecule has 9 heteroatoms. The first-order valence-corrected chi connectivity index (χ1v) is 11.2. The first-order chi connectivity index (χ1) is 15.6. The highest BCUT2D eigenvalue weighted by molar-refractivity contribution is 5.80. The molecule has 32 heavy (non-hydrogen) atoms. The van der Waals surface area contributed by atoms with E-state index < -0.39 is 0 Å². The van der Waals surface area contributed by atoms with Crippen LogP contribution in [0.3, 0.4) is 0 Å². The van der Waals surface area contributed by atoms with Crippen molar-refractivity contribution >= 4 is 5.96 Å². The molecule has 9 nitrogen and oxygen atoms in total. The van der Waals surface area contributed by atoms with Crippen molar-refractivity contribution in [1.29, 1.82) is 0 Å². The molecule has 1 aliphatic heterocycles. The minimum Gasteiger partial charge on any atom is -0.377 e. The number of hydrogen-bond donors (Lipinski definition) is 2. The summed E-state index contributed by atoms with van der Waals surface area (Å²) in [6.45, 7) is 8.80. The SMILES string of the molecule is CCNC(=NCc1c(C)nn(-c2ccccc2)c1C)NC1CCc2nc(COC)nn2C1. The standard InChI is InChI=1S/C23H32N8O/c1-5-24-23(26-18-11-12-22-27-21(15-32-4)29-30(22)14-18)25-13-20-16(2)28-31(17(20)3)19-9-7-6-8-10-19/h6-10,18H,5,11-15H2,1-4H3,(H2,24,25,26). The molecule has 0 radical (unpaired) electrons. The van der Waals surface area contributed by atoms with Crippen molar-refractivity contribution in [3.8, 4) is 5.69 Å². The summed E-state index contributed by atoms with van der Waals surface area (Å²) >= 11 is 0. The van der Waals surface area contributed by atoms with Gasteiger partial charge in [0.25, 0.3) is 0 Å². The van der Waals surface area contributed by atoms with Crippen LogP contribution in [0.25, 0.3) is 5.69 Å². The number of hydrogen-bond acceptors (Lipinski definition) is 5. The zero-order valence-electron chi connectivity index (χ0n) is 19.3. The molecule has 2 N–H and O–H groups in total. The third-order valence-electron chi connectivity index (χ3n) is 5.70. The maximum atomic E-state index is 5.16. The molecular formula is C23H32N8O. The summed E-state index contributed by atoms with van der Waals surface area (Å²) in [7, 11) is 1.66. The van der Waals surface area contributed by atoms with E-state index in [1.807, 2.05) is 34.5 Å². The number of aryl methyl sites for hydroxylation is 2. The number of benzene rings is 1. The average Bonchev–Trinajstić information content (AvgIpc) is 3.32. The van der Waals surface area contributed by atoms with Crippen LogP contribution in [0.1, 0.15) is 41.9 Å². The van der Waals surface area contributed by atoms with E-state index in [4.69, 9.17) is 14.8 Å². The first kappa shape index (κ1) is 22.0. The summed E-state index contributed by atoms with van der Waals surface area (Å²) in [5.41, 5.74) is 4.33. The summed E-state index contributed by atoms with van der Waals surface area (Å²) in [4.78, 5) is 9.43. The summed E-state index contributed by atoms with van der Waals surface area (Å²) in [5.74, 6) is 2.58. The molecule has 0 aliphatic carbocycles. The van der Waals surface area contributed by atoms with Crippen LogP contribution in [0.2, 0.25) is 0 Å². The molecular weight excluding hydrogens is 404 g/mol. The van der Waals surface area contributed by atoms with Crippen LogP contribution in [0.4, 0.5) is 0 Å². The molecule has 1 unspecified atom stereocenters. The van der Waals surface area contributed by atoms with Crippen molar-refractivity contribution in [3.63, 3.8) is 0 Å². The van der Waals surface area contributed by atoms with Crippen molar-refractivity contribution in [1.82, 2.24) is 35.2 Å². The van der Waals surface area contributed by atoms with Gasteiger partial charge in [0.05, 0.1) is 24.5 Å².